The van der Waals surface area contributed by atoms with Crippen molar-refractivity contribution in [1.29, 1.82) is 0 Å². The molecule has 0 saturated carbocycles. The van der Waals surface area contributed by atoms with Crippen molar-refractivity contribution in [1.82, 2.24) is 9.55 Å². The van der Waals surface area contributed by atoms with Crippen molar-refractivity contribution in [3.05, 3.63) is 47.5 Å². The molecule has 0 atom stereocenters. The van der Waals surface area contributed by atoms with Gasteiger partial charge in [0.15, 0.2) is 5.16 Å². The van der Waals surface area contributed by atoms with Crippen LogP contribution < -0.4 is 0 Å². The van der Waals surface area contributed by atoms with Crippen molar-refractivity contribution < 1.29 is 14.3 Å². The van der Waals surface area contributed by atoms with Crippen molar-refractivity contribution in [3.63, 3.8) is 0 Å². The van der Waals surface area contributed by atoms with Crippen molar-refractivity contribution in [2.75, 3.05) is 5.75 Å². The summed E-state index contributed by atoms with van der Waals surface area (Å²) in [5, 5.41) is 9.36. The number of carboxylic acids is 1. The molecule has 6 heteroatoms. The molecular weight excluding hydrogens is 279 g/mol. The standard InChI is InChI=1S/C14H15FN2O2S/c1-10-8-17(14(16-10)20-9-13(18)19)7-6-11-4-2-3-5-12(11)15/h2-5,8H,6-7,9H2,1H3,(H,18,19). The van der Waals surface area contributed by atoms with Crippen LogP contribution in [0.5, 0.6) is 0 Å². The fraction of sp³-hybridized carbons (Fsp3) is 0.286. The van der Waals surface area contributed by atoms with Crippen LogP contribution in [0.2, 0.25) is 0 Å². The molecule has 0 spiro atoms. The lowest BCUT2D eigenvalue weighted by Gasteiger charge is -2.07. The van der Waals surface area contributed by atoms with Crippen LogP contribution in [0.1, 0.15) is 11.3 Å². The van der Waals surface area contributed by atoms with Crippen molar-refractivity contribution in [2.45, 2.75) is 25.0 Å². The third kappa shape index (κ3) is 3.84. The summed E-state index contributed by atoms with van der Waals surface area (Å²) in [6.45, 7) is 2.42. The molecule has 106 valence electrons. The van der Waals surface area contributed by atoms with E-state index in [2.05, 4.69) is 4.98 Å². The molecule has 0 bridgehead atoms. The van der Waals surface area contributed by atoms with Crippen LogP contribution >= 0.6 is 11.8 Å². The average molecular weight is 294 g/mol. The van der Waals surface area contributed by atoms with E-state index in [0.717, 1.165) is 5.69 Å². The topological polar surface area (TPSA) is 55.1 Å². The van der Waals surface area contributed by atoms with Crippen molar-refractivity contribution >= 4 is 17.7 Å². The van der Waals surface area contributed by atoms with Gasteiger partial charge in [-0.3, -0.25) is 4.79 Å². The third-order valence-corrected chi connectivity index (χ3v) is 3.74. The number of thioether (sulfide) groups is 1. The molecule has 2 rings (SSSR count). The number of hydrogen-bond donors (Lipinski definition) is 1. The zero-order chi connectivity index (χ0) is 14.5. The number of aliphatic carboxylic acids is 1. The van der Waals surface area contributed by atoms with E-state index < -0.39 is 5.97 Å². The molecule has 0 aliphatic rings. The smallest absolute Gasteiger partial charge is 0.313 e. The van der Waals surface area contributed by atoms with Gasteiger partial charge in [0.1, 0.15) is 5.82 Å². The normalized spacial score (nSPS) is 10.7. The van der Waals surface area contributed by atoms with Gasteiger partial charge in [-0.15, -0.1) is 0 Å². The number of aryl methyl sites for hydroxylation is 3. The minimum absolute atomic E-state index is 0.0316. The number of imidazole rings is 1. The summed E-state index contributed by atoms with van der Waals surface area (Å²) in [5.41, 5.74) is 1.47. The minimum atomic E-state index is -0.878. The molecule has 0 fully saturated rings. The van der Waals surface area contributed by atoms with Gasteiger partial charge >= 0.3 is 5.97 Å². The lowest BCUT2D eigenvalue weighted by atomic mass is 10.1. The molecule has 20 heavy (non-hydrogen) atoms. The van der Waals surface area contributed by atoms with E-state index in [4.69, 9.17) is 5.11 Å². The lowest BCUT2D eigenvalue weighted by Crippen LogP contribution is -2.05. The molecule has 2 aromatic rings. The second-order valence-electron chi connectivity index (χ2n) is 4.38. The van der Waals surface area contributed by atoms with E-state index in [0.29, 0.717) is 23.7 Å². The third-order valence-electron chi connectivity index (χ3n) is 2.76. The Morgan fingerprint density at radius 1 is 1.45 bits per heavy atom. The second kappa shape index (κ2) is 6.56. The molecule has 4 nitrogen and oxygen atoms in total. The summed E-state index contributed by atoms with van der Waals surface area (Å²) >= 11 is 1.17. The van der Waals surface area contributed by atoms with Gasteiger partial charge in [-0.2, -0.15) is 0 Å². The Kier molecular flexibility index (Phi) is 4.79. The van der Waals surface area contributed by atoms with Gasteiger partial charge in [-0.25, -0.2) is 9.37 Å². The van der Waals surface area contributed by atoms with E-state index in [9.17, 15) is 9.18 Å². The molecule has 0 radical (unpaired) electrons. The molecule has 0 unspecified atom stereocenters. The Hall–Kier alpha value is -1.82. The summed E-state index contributed by atoms with van der Waals surface area (Å²) in [6, 6.07) is 6.66. The maximum Gasteiger partial charge on any atom is 0.313 e. The van der Waals surface area contributed by atoms with E-state index in [-0.39, 0.29) is 11.6 Å². The summed E-state index contributed by atoms with van der Waals surface area (Å²) in [4.78, 5) is 14.9. The maximum atomic E-state index is 13.5. The van der Waals surface area contributed by atoms with Crippen LogP contribution in [0.4, 0.5) is 4.39 Å². The number of hydrogen-bond acceptors (Lipinski definition) is 3. The molecular formula is C14H15FN2O2S. The Morgan fingerprint density at radius 3 is 2.90 bits per heavy atom. The number of nitrogens with zero attached hydrogens (tertiary/aromatic N) is 2. The molecule has 1 aromatic heterocycles. The molecule has 0 aliphatic carbocycles. The average Bonchev–Trinajstić information content (AvgIpc) is 2.76. The molecule has 1 N–H and O–H groups in total. The molecule has 0 aliphatic heterocycles. The Balaban J connectivity index is 2.05. The summed E-state index contributed by atoms with van der Waals surface area (Å²) in [6.07, 6.45) is 2.40. The predicted octanol–water partition coefficient (Wildman–Crippen LogP) is 2.75. The van der Waals surface area contributed by atoms with Gasteiger partial charge in [0, 0.05) is 12.7 Å². The van der Waals surface area contributed by atoms with Gasteiger partial charge in [-0.1, -0.05) is 30.0 Å². The van der Waals surface area contributed by atoms with Crippen LogP contribution in [-0.4, -0.2) is 26.4 Å². The van der Waals surface area contributed by atoms with E-state index in [1.54, 1.807) is 18.2 Å². The summed E-state index contributed by atoms with van der Waals surface area (Å²) in [5.74, 6) is -1.13. The number of aromatic nitrogens is 2. The molecule has 1 aromatic carbocycles. The Labute approximate surface area is 120 Å². The van der Waals surface area contributed by atoms with E-state index in [1.165, 1.54) is 17.8 Å². The highest BCUT2D eigenvalue weighted by atomic mass is 32.2. The van der Waals surface area contributed by atoms with Gasteiger partial charge in [-0.05, 0) is 25.0 Å². The first kappa shape index (κ1) is 14.6. The zero-order valence-electron chi connectivity index (χ0n) is 11.0. The number of rotatable bonds is 6. The fourth-order valence-corrected chi connectivity index (χ4v) is 2.64. The number of halogens is 1. The first-order valence-electron chi connectivity index (χ1n) is 6.18. The summed E-state index contributed by atoms with van der Waals surface area (Å²) < 4.78 is 15.4. The second-order valence-corrected chi connectivity index (χ2v) is 5.32. The van der Waals surface area contributed by atoms with Gasteiger partial charge in [0.25, 0.3) is 0 Å². The van der Waals surface area contributed by atoms with Crippen LogP contribution in [0.15, 0.2) is 35.6 Å². The number of benzene rings is 1. The Bertz CT molecular complexity index is 613. The maximum absolute atomic E-state index is 13.5. The summed E-state index contributed by atoms with van der Waals surface area (Å²) in [7, 11) is 0. The van der Waals surface area contributed by atoms with Gasteiger partial charge in [0.05, 0.1) is 11.4 Å². The zero-order valence-corrected chi connectivity index (χ0v) is 11.9. The predicted molar refractivity (Wildman–Crippen MR) is 75.4 cm³/mol. The molecule has 1 heterocycles. The van der Waals surface area contributed by atoms with Crippen LogP contribution in [0, 0.1) is 12.7 Å². The monoisotopic (exact) mass is 294 g/mol. The van der Waals surface area contributed by atoms with Gasteiger partial charge < -0.3 is 9.67 Å². The first-order chi connectivity index (χ1) is 9.56. The fourth-order valence-electron chi connectivity index (χ4n) is 1.87. The van der Waals surface area contributed by atoms with Crippen molar-refractivity contribution in [2.24, 2.45) is 0 Å². The van der Waals surface area contributed by atoms with Crippen molar-refractivity contribution in [3.8, 4) is 0 Å². The highest BCUT2D eigenvalue weighted by Gasteiger charge is 2.09. The van der Waals surface area contributed by atoms with Crippen LogP contribution in [0.25, 0.3) is 0 Å². The number of carboxylic acid groups (broad SMARTS) is 1. The minimum Gasteiger partial charge on any atom is -0.481 e. The van der Waals surface area contributed by atoms with Gasteiger partial charge in [0.2, 0.25) is 0 Å². The SMILES string of the molecule is Cc1cn(CCc2ccccc2F)c(SCC(=O)O)n1. The first-order valence-corrected chi connectivity index (χ1v) is 7.16. The molecule has 0 amide bonds. The van der Waals surface area contributed by atoms with E-state index in [1.807, 2.05) is 17.7 Å². The van der Waals surface area contributed by atoms with E-state index >= 15 is 0 Å². The number of carbonyl (C=O) groups is 1. The Morgan fingerprint density at radius 2 is 2.20 bits per heavy atom. The molecule has 0 saturated heterocycles. The quantitative estimate of drug-likeness (QED) is 0.832. The highest BCUT2D eigenvalue weighted by molar-refractivity contribution is 7.99. The highest BCUT2D eigenvalue weighted by Crippen LogP contribution is 2.18. The lowest BCUT2D eigenvalue weighted by molar-refractivity contribution is -0.133. The van der Waals surface area contributed by atoms with Crippen LogP contribution in [-0.2, 0) is 17.8 Å². The largest absolute Gasteiger partial charge is 0.481 e. The van der Waals surface area contributed by atoms with Crippen LogP contribution in [0.3, 0.4) is 0 Å².